The van der Waals surface area contributed by atoms with Crippen molar-refractivity contribution in [3.63, 3.8) is 0 Å². The quantitative estimate of drug-likeness (QED) is 0.238. The molecule has 0 aromatic rings. The standard InChI is InChI=1S/C18H34O2.Na/c1-2-3-4-5-6-7-8-9-10-11-12-13-14-15-16-17-18(19)20;/h9-10H,2-8,11-17H2,1H3,(H,19,20);/b10-9+;. The molecular formula is C18H34NaO2. The summed E-state index contributed by atoms with van der Waals surface area (Å²) in [5, 5.41) is 8.51. The topological polar surface area (TPSA) is 37.3 Å². The molecule has 3 heteroatoms. The first-order chi connectivity index (χ1) is 9.77. The first-order valence-electron chi connectivity index (χ1n) is 8.64. The molecule has 0 saturated carbocycles. The van der Waals surface area contributed by atoms with Gasteiger partial charge < -0.3 is 5.11 Å². The van der Waals surface area contributed by atoms with Gasteiger partial charge in [0.25, 0.3) is 0 Å². The number of rotatable bonds is 15. The van der Waals surface area contributed by atoms with Crippen LogP contribution in [-0.2, 0) is 4.79 Å². The molecule has 2 nitrogen and oxygen atoms in total. The van der Waals surface area contributed by atoms with Crippen LogP contribution in [0.15, 0.2) is 12.2 Å². The van der Waals surface area contributed by atoms with Crippen LogP contribution in [0.5, 0.6) is 0 Å². The van der Waals surface area contributed by atoms with Gasteiger partial charge in [0.05, 0.1) is 0 Å². The molecule has 21 heavy (non-hydrogen) atoms. The van der Waals surface area contributed by atoms with Crippen molar-refractivity contribution in [2.45, 2.75) is 96.8 Å². The van der Waals surface area contributed by atoms with Gasteiger partial charge in [0.2, 0.25) is 0 Å². The SMILES string of the molecule is CCCCCCCC/C=C/CCCCCCCC(=O)O.[Na]. The van der Waals surface area contributed by atoms with Crippen molar-refractivity contribution in [3.05, 3.63) is 12.2 Å². The Hall–Kier alpha value is 0.210. The zero-order valence-electron chi connectivity index (χ0n) is 14.4. The maximum Gasteiger partial charge on any atom is 0.303 e. The molecule has 0 rings (SSSR count). The van der Waals surface area contributed by atoms with Crippen LogP contribution in [0, 0.1) is 0 Å². The second-order valence-electron chi connectivity index (χ2n) is 5.73. The van der Waals surface area contributed by atoms with E-state index in [1.54, 1.807) is 0 Å². The normalized spacial score (nSPS) is 10.7. The minimum atomic E-state index is -0.664. The van der Waals surface area contributed by atoms with Crippen LogP contribution in [-0.4, -0.2) is 40.6 Å². The van der Waals surface area contributed by atoms with Gasteiger partial charge in [-0.15, -0.1) is 0 Å². The van der Waals surface area contributed by atoms with Crippen molar-refractivity contribution in [2.75, 3.05) is 0 Å². The summed E-state index contributed by atoms with van der Waals surface area (Å²) in [5.74, 6) is -0.664. The molecule has 1 radical (unpaired) electrons. The second-order valence-corrected chi connectivity index (χ2v) is 5.73. The summed E-state index contributed by atoms with van der Waals surface area (Å²) >= 11 is 0. The van der Waals surface area contributed by atoms with Gasteiger partial charge in [0.1, 0.15) is 0 Å². The Morgan fingerprint density at radius 3 is 1.67 bits per heavy atom. The van der Waals surface area contributed by atoms with E-state index in [2.05, 4.69) is 19.1 Å². The second kappa shape index (κ2) is 20.2. The first-order valence-corrected chi connectivity index (χ1v) is 8.64. The Morgan fingerprint density at radius 1 is 0.762 bits per heavy atom. The summed E-state index contributed by atoms with van der Waals surface area (Å²) in [6, 6.07) is 0. The molecule has 0 aliphatic rings. The number of hydrogen-bond donors (Lipinski definition) is 1. The fourth-order valence-corrected chi connectivity index (χ4v) is 2.35. The van der Waals surface area contributed by atoms with Crippen molar-refractivity contribution < 1.29 is 9.90 Å². The number of carboxylic acids is 1. The van der Waals surface area contributed by atoms with Crippen LogP contribution in [0.25, 0.3) is 0 Å². The van der Waals surface area contributed by atoms with E-state index >= 15 is 0 Å². The molecule has 0 unspecified atom stereocenters. The largest absolute Gasteiger partial charge is 0.481 e. The Kier molecular flexibility index (Phi) is 22.6. The van der Waals surface area contributed by atoms with Gasteiger partial charge in [-0.2, -0.15) is 0 Å². The molecule has 0 bridgehead atoms. The van der Waals surface area contributed by atoms with Crippen molar-refractivity contribution in [1.29, 1.82) is 0 Å². The summed E-state index contributed by atoms with van der Waals surface area (Å²) in [4.78, 5) is 10.3. The summed E-state index contributed by atoms with van der Waals surface area (Å²) in [7, 11) is 0. The molecule has 0 spiro atoms. The predicted molar refractivity (Wildman–Crippen MR) is 92.8 cm³/mol. The van der Waals surface area contributed by atoms with Crippen molar-refractivity contribution in [2.24, 2.45) is 0 Å². The minimum Gasteiger partial charge on any atom is -0.481 e. The van der Waals surface area contributed by atoms with E-state index in [4.69, 9.17) is 5.11 Å². The molecule has 0 saturated heterocycles. The fraction of sp³-hybridized carbons (Fsp3) is 0.833. The summed E-state index contributed by atoms with van der Waals surface area (Å²) < 4.78 is 0. The molecule has 0 heterocycles. The number of carboxylic acid groups (broad SMARTS) is 1. The molecule has 0 aliphatic carbocycles. The van der Waals surface area contributed by atoms with E-state index in [0.717, 1.165) is 12.8 Å². The van der Waals surface area contributed by atoms with Crippen LogP contribution in [0.1, 0.15) is 96.8 Å². The number of allylic oxidation sites excluding steroid dienone is 2. The molecule has 0 amide bonds. The third-order valence-electron chi connectivity index (χ3n) is 3.65. The number of aliphatic carboxylic acids is 1. The van der Waals surface area contributed by atoms with Gasteiger partial charge in [-0.3, -0.25) is 4.79 Å². The van der Waals surface area contributed by atoms with E-state index < -0.39 is 5.97 Å². The Labute approximate surface area is 154 Å². The van der Waals surface area contributed by atoms with Gasteiger partial charge in [-0.1, -0.05) is 70.4 Å². The molecule has 0 fully saturated rings. The Bertz CT molecular complexity index is 239. The predicted octanol–water partition coefficient (Wildman–Crippen LogP) is 5.73. The number of hydrogen-bond acceptors (Lipinski definition) is 1. The van der Waals surface area contributed by atoms with Crippen LogP contribution in [0.3, 0.4) is 0 Å². The first kappa shape index (κ1) is 23.5. The fourth-order valence-electron chi connectivity index (χ4n) is 2.35. The summed E-state index contributed by atoms with van der Waals surface area (Å²) in [6.45, 7) is 2.26. The maximum atomic E-state index is 10.3. The van der Waals surface area contributed by atoms with Gasteiger partial charge in [-0.05, 0) is 32.1 Å². The third kappa shape index (κ3) is 22.6. The molecule has 119 valence electrons. The Morgan fingerprint density at radius 2 is 1.19 bits per heavy atom. The van der Waals surface area contributed by atoms with Crippen LogP contribution >= 0.6 is 0 Å². The average Bonchev–Trinajstić information content (AvgIpc) is 2.43. The molecule has 0 atom stereocenters. The van der Waals surface area contributed by atoms with E-state index in [9.17, 15) is 4.79 Å². The van der Waals surface area contributed by atoms with Crippen molar-refractivity contribution in [3.8, 4) is 0 Å². The number of unbranched alkanes of at least 4 members (excludes halogenated alkanes) is 11. The van der Waals surface area contributed by atoms with Crippen LogP contribution < -0.4 is 0 Å². The van der Waals surface area contributed by atoms with E-state index in [0.29, 0.717) is 6.42 Å². The maximum absolute atomic E-state index is 10.3. The molecule has 0 aromatic carbocycles. The van der Waals surface area contributed by atoms with Gasteiger partial charge in [0.15, 0.2) is 0 Å². The zero-order valence-corrected chi connectivity index (χ0v) is 16.4. The van der Waals surface area contributed by atoms with Crippen LogP contribution in [0.2, 0.25) is 0 Å². The molecular weight excluding hydrogens is 271 g/mol. The van der Waals surface area contributed by atoms with Gasteiger partial charge in [0, 0.05) is 36.0 Å². The van der Waals surface area contributed by atoms with Crippen molar-refractivity contribution >= 4 is 35.5 Å². The van der Waals surface area contributed by atoms with Crippen molar-refractivity contribution in [1.82, 2.24) is 0 Å². The summed E-state index contributed by atoms with van der Waals surface area (Å²) in [6.07, 6.45) is 21.2. The van der Waals surface area contributed by atoms with Gasteiger partial charge >= 0.3 is 5.97 Å². The van der Waals surface area contributed by atoms with E-state index in [-0.39, 0.29) is 29.6 Å². The minimum absolute atomic E-state index is 0. The smallest absolute Gasteiger partial charge is 0.303 e. The van der Waals surface area contributed by atoms with Crippen LogP contribution in [0.4, 0.5) is 0 Å². The molecule has 0 aromatic heterocycles. The average molecular weight is 305 g/mol. The molecule has 1 N–H and O–H groups in total. The zero-order chi connectivity index (χ0) is 14.9. The van der Waals surface area contributed by atoms with E-state index in [1.807, 2.05) is 0 Å². The number of carbonyl (C=O) groups is 1. The monoisotopic (exact) mass is 305 g/mol. The van der Waals surface area contributed by atoms with Gasteiger partial charge in [-0.25, -0.2) is 0 Å². The summed E-state index contributed by atoms with van der Waals surface area (Å²) in [5.41, 5.74) is 0. The molecule has 0 aliphatic heterocycles. The third-order valence-corrected chi connectivity index (χ3v) is 3.65. The van der Waals surface area contributed by atoms with E-state index in [1.165, 1.54) is 70.6 Å². The Balaban J connectivity index is 0.